The number of aromatic nitrogens is 2. The molecule has 294 valence electrons. The van der Waals surface area contributed by atoms with Gasteiger partial charge in [0.15, 0.2) is 0 Å². The van der Waals surface area contributed by atoms with Gasteiger partial charge in [-0.3, -0.25) is 4.98 Å². The van der Waals surface area contributed by atoms with Gasteiger partial charge in [0.25, 0.3) is 0 Å². The zero-order chi connectivity index (χ0) is 41.9. The maximum atomic E-state index is 9.95. The molecule has 0 amide bonds. The van der Waals surface area contributed by atoms with Crippen LogP contribution in [0.5, 0.6) is 11.5 Å². The molecule has 0 aliphatic carbocycles. The van der Waals surface area contributed by atoms with Gasteiger partial charge in [0, 0.05) is 44.7 Å². The molecule has 1 aliphatic rings. The Kier molecular flexibility index (Phi) is 8.42. The van der Waals surface area contributed by atoms with Crippen molar-refractivity contribution in [3.8, 4) is 56.6 Å². The molecule has 0 saturated carbocycles. The molecule has 0 fully saturated rings. The number of pyridine rings is 1. The van der Waals surface area contributed by atoms with Gasteiger partial charge < -0.3 is 9.30 Å². The van der Waals surface area contributed by atoms with Crippen LogP contribution >= 0.6 is 0 Å². The number of nitrogens with zero attached hydrogens (tertiary/aromatic N) is 3. The Balaban J connectivity index is 1.06. The van der Waals surface area contributed by atoms with Gasteiger partial charge in [-0.1, -0.05) is 133 Å². The van der Waals surface area contributed by atoms with E-state index in [0.29, 0.717) is 5.56 Å². The third-order valence-electron chi connectivity index (χ3n) is 12.8. The summed E-state index contributed by atoms with van der Waals surface area (Å²) in [5, 5.41) is 13.2. The second kappa shape index (κ2) is 14.6. The minimum absolute atomic E-state index is 0.636. The first-order chi connectivity index (χ1) is 31.2. The number of rotatable bonds is 6. The smallest absolute Gasteiger partial charge is 0.132 e. The molecule has 12 rings (SSSR count). The second-order valence-electron chi connectivity index (χ2n) is 16.3. The van der Waals surface area contributed by atoms with Gasteiger partial charge in [-0.15, -0.1) is 0 Å². The molecule has 4 heteroatoms. The molecule has 63 heavy (non-hydrogen) atoms. The summed E-state index contributed by atoms with van der Waals surface area (Å²) in [6, 6.07) is 79.7. The minimum Gasteiger partial charge on any atom is -0.457 e. The van der Waals surface area contributed by atoms with E-state index in [2.05, 4.69) is 199 Å². The van der Waals surface area contributed by atoms with E-state index in [1.807, 2.05) is 36.5 Å². The minimum atomic E-state index is -0.730. The fourth-order valence-electron chi connectivity index (χ4n) is 9.85. The molecular weight excluding hydrogens is 767 g/mol. The van der Waals surface area contributed by atoms with E-state index in [1.54, 1.807) is 0 Å². The Morgan fingerprint density at radius 3 is 1.65 bits per heavy atom. The molecular formula is C59H37N3O. The van der Waals surface area contributed by atoms with Gasteiger partial charge in [0.2, 0.25) is 0 Å². The number of nitriles is 1. The Morgan fingerprint density at radius 2 is 0.984 bits per heavy atom. The number of hydrogen-bond acceptors (Lipinski definition) is 3. The summed E-state index contributed by atoms with van der Waals surface area (Å²) in [5.74, 6) is 1.64. The van der Waals surface area contributed by atoms with E-state index in [1.165, 1.54) is 0 Å². The van der Waals surface area contributed by atoms with Gasteiger partial charge in [0.1, 0.15) is 11.5 Å². The molecule has 0 saturated heterocycles. The number of ether oxygens (including phenoxy) is 1. The lowest BCUT2D eigenvalue weighted by Gasteiger charge is -2.42. The summed E-state index contributed by atoms with van der Waals surface area (Å²) in [4.78, 5) is 4.77. The van der Waals surface area contributed by atoms with Crippen molar-refractivity contribution in [3.05, 3.63) is 252 Å². The molecule has 0 unspecified atom stereocenters. The summed E-state index contributed by atoms with van der Waals surface area (Å²) in [7, 11) is 0. The molecule has 11 aromatic rings. The summed E-state index contributed by atoms with van der Waals surface area (Å²) < 4.78 is 9.24. The number of fused-ring (bicyclic) bond motifs is 6. The highest BCUT2D eigenvalue weighted by molar-refractivity contribution is 6.11. The molecule has 0 radical (unpaired) electrons. The van der Waals surface area contributed by atoms with Gasteiger partial charge >= 0.3 is 0 Å². The first-order valence-corrected chi connectivity index (χ1v) is 21.2. The van der Waals surface area contributed by atoms with Crippen LogP contribution in [0.25, 0.3) is 71.8 Å². The fourth-order valence-corrected chi connectivity index (χ4v) is 9.85. The van der Waals surface area contributed by atoms with Crippen LogP contribution in [0.1, 0.15) is 27.8 Å². The van der Waals surface area contributed by atoms with E-state index >= 15 is 0 Å². The van der Waals surface area contributed by atoms with Crippen molar-refractivity contribution < 1.29 is 4.74 Å². The standard InChI is InChI=1S/C59H37N3O/c60-37-39-23-27-55-50(31-39)51-34-42(24-28-56(51)62(55)49-20-8-3-9-21-49)44-26-30-58-53(36-44)59(47-16-4-1-5-17-47,48-18-6-2-7-19-48)52-35-43(25-29-57(52)63-58)40-14-12-15-41(32-40)46-33-45-13-10-11-22-54(45)61-38-46/h1-36,38H. The Labute approximate surface area is 365 Å². The molecule has 4 nitrogen and oxygen atoms in total. The number of benzene rings is 9. The quantitative estimate of drug-likeness (QED) is 0.168. The molecule has 0 N–H and O–H groups in total. The first-order valence-electron chi connectivity index (χ1n) is 21.2. The van der Waals surface area contributed by atoms with E-state index < -0.39 is 5.41 Å². The molecule has 9 aromatic carbocycles. The van der Waals surface area contributed by atoms with Crippen LogP contribution in [0.4, 0.5) is 0 Å². The third-order valence-corrected chi connectivity index (χ3v) is 12.8. The summed E-state index contributed by atoms with van der Waals surface area (Å²) in [6.07, 6.45) is 1.97. The highest BCUT2D eigenvalue weighted by Gasteiger charge is 2.45. The van der Waals surface area contributed by atoms with Gasteiger partial charge in [0.05, 0.1) is 33.6 Å². The van der Waals surface area contributed by atoms with Gasteiger partial charge in [-0.25, -0.2) is 0 Å². The monoisotopic (exact) mass is 803 g/mol. The number of para-hydroxylation sites is 2. The highest BCUT2D eigenvalue weighted by atomic mass is 16.5. The zero-order valence-electron chi connectivity index (χ0n) is 34.1. The van der Waals surface area contributed by atoms with Gasteiger partial charge in [-0.05, 0) is 124 Å². The van der Waals surface area contributed by atoms with E-state index in [-0.39, 0.29) is 0 Å². The Hall–Kier alpha value is -8.52. The predicted molar refractivity (Wildman–Crippen MR) is 255 cm³/mol. The molecule has 0 bridgehead atoms. The van der Waals surface area contributed by atoms with Crippen LogP contribution in [-0.4, -0.2) is 9.55 Å². The summed E-state index contributed by atoms with van der Waals surface area (Å²) in [6.45, 7) is 0. The van der Waals surface area contributed by atoms with E-state index in [4.69, 9.17) is 9.72 Å². The van der Waals surface area contributed by atoms with Crippen molar-refractivity contribution in [1.82, 2.24) is 9.55 Å². The van der Waals surface area contributed by atoms with Crippen LogP contribution in [0, 0.1) is 11.3 Å². The van der Waals surface area contributed by atoms with Crippen LogP contribution in [-0.2, 0) is 5.41 Å². The van der Waals surface area contributed by atoms with Crippen molar-refractivity contribution in [2.45, 2.75) is 5.41 Å². The van der Waals surface area contributed by atoms with Crippen molar-refractivity contribution >= 4 is 32.7 Å². The van der Waals surface area contributed by atoms with Crippen LogP contribution in [0.3, 0.4) is 0 Å². The lowest BCUT2D eigenvalue weighted by Crippen LogP contribution is -2.34. The topological polar surface area (TPSA) is 50.8 Å². The number of hydrogen-bond donors (Lipinski definition) is 0. The molecule has 0 atom stereocenters. The second-order valence-corrected chi connectivity index (χ2v) is 16.3. The van der Waals surface area contributed by atoms with E-state index in [9.17, 15) is 5.26 Å². The molecule has 3 heterocycles. The van der Waals surface area contributed by atoms with Crippen molar-refractivity contribution in [3.63, 3.8) is 0 Å². The zero-order valence-corrected chi connectivity index (χ0v) is 34.1. The normalized spacial score (nSPS) is 12.7. The SMILES string of the molecule is N#Cc1ccc2c(c1)c1cc(-c3ccc4c(c3)C(c3ccccc3)(c3ccccc3)c3cc(-c5cccc(-c6cnc7ccccc7c6)c5)ccc3O4)ccc1n2-c1ccccc1. The van der Waals surface area contributed by atoms with Gasteiger partial charge in [-0.2, -0.15) is 5.26 Å². The highest BCUT2D eigenvalue weighted by Crippen LogP contribution is 2.56. The summed E-state index contributed by atoms with van der Waals surface area (Å²) in [5.41, 5.74) is 15.1. The van der Waals surface area contributed by atoms with Crippen molar-refractivity contribution in [1.29, 1.82) is 5.26 Å². The first kappa shape index (κ1) is 36.3. The largest absolute Gasteiger partial charge is 0.457 e. The molecule has 2 aromatic heterocycles. The lowest BCUT2D eigenvalue weighted by molar-refractivity contribution is 0.435. The lowest BCUT2D eigenvalue weighted by atomic mass is 9.63. The average molecular weight is 804 g/mol. The van der Waals surface area contributed by atoms with E-state index in [0.717, 1.165) is 106 Å². The van der Waals surface area contributed by atoms with Crippen LogP contribution < -0.4 is 4.74 Å². The molecule has 0 spiro atoms. The molecule has 1 aliphatic heterocycles. The van der Waals surface area contributed by atoms with Crippen LogP contribution in [0.15, 0.2) is 225 Å². The van der Waals surface area contributed by atoms with Crippen LogP contribution in [0.2, 0.25) is 0 Å². The third kappa shape index (κ3) is 5.86. The van der Waals surface area contributed by atoms with Crippen molar-refractivity contribution in [2.75, 3.05) is 0 Å². The summed E-state index contributed by atoms with van der Waals surface area (Å²) >= 11 is 0. The van der Waals surface area contributed by atoms with Crippen molar-refractivity contribution in [2.24, 2.45) is 0 Å². The Bertz CT molecular complexity index is 3560. The maximum absolute atomic E-state index is 9.95. The Morgan fingerprint density at radius 1 is 0.444 bits per heavy atom. The predicted octanol–water partition coefficient (Wildman–Crippen LogP) is 14.7. The fraction of sp³-hybridized carbons (Fsp3) is 0.0169. The average Bonchev–Trinajstić information content (AvgIpc) is 3.69. The maximum Gasteiger partial charge on any atom is 0.132 e.